The Morgan fingerprint density at radius 1 is 1.22 bits per heavy atom. The molecule has 4 rings (SSSR count). The third kappa shape index (κ3) is 2.26. The zero-order valence-corrected chi connectivity index (χ0v) is 14.4. The van der Waals surface area contributed by atoms with Crippen molar-refractivity contribution in [3.05, 3.63) is 57.1 Å². The van der Waals surface area contributed by atoms with E-state index in [0.29, 0.717) is 9.99 Å². The molecule has 0 bridgehead atoms. The van der Waals surface area contributed by atoms with Gasteiger partial charge in [-0.3, -0.25) is 10.1 Å². The van der Waals surface area contributed by atoms with Gasteiger partial charge in [0, 0.05) is 33.9 Å². The Morgan fingerprint density at radius 3 is 2.70 bits per heavy atom. The quantitative estimate of drug-likeness (QED) is 0.341. The normalized spacial score (nSPS) is 11.0. The van der Waals surface area contributed by atoms with E-state index in [9.17, 15) is 10.1 Å². The van der Waals surface area contributed by atoms with E-state index in [1.54, 1.807) is 0 Å². The van der Waals surface area contributed by atoms with Gasteiger partial charge in [-0.1, -0.05) is 34.1 Å². The largest absolute Gasteiger partial charge is 0.342 e. The second-order valence-electron chi connectivity index (χ2n) is 5.19. The Balaban J connectivity index is 0.00000156. The van der Waals surface area contributed by atoms with Gasteiger partial charge in [-0.05, 0) is 18.2 Å². The maximum atomic E-state index is 11.3. The maximum absolute atomic E-state index is 11.3. The zero-order valence-electron chi connectivity index (χ0n) is 12.0. The number of halogens is 2. The molecular formula is C16H11BrClN3O2. The van der Waals surface area contributed by atoms with Crippen LogP contribution in [0.15, 0.2) is 46.9 Å². The van der Waals surface area contributed by atoms with E-state index in [1.807, 2.05) is 48.0 Å². The summed E-state index contributed by atoms with van der Waals surface area (Å²) in [5.41, 5.74) is 3.17. The highest BCUT2D eigenvalue weighted by Crippen LogP contribution is 2.39. The summed E-state index contributed by atoms with van der Waals surface area (Å²) in [6, 6.07) is 13.3. The fourth-order valence-corrected chi connectivity index (χ4v) is 3.42. The molecule has 2 heterocycles. The minimum Gasteiger partial charge on any atom is -0.342 e. The summed E-state index contributed by atoms with van der Waals surface area (Å²) < 4.78 is 2.71. The number of hydrogen-bond acceptors (Lipinski definition) is 3. The van der Waals surface area contributed by atoms with Crippen molar-refractivity contribution in [1.29, 1.82) is 0 Å². The van der Waals surface area contributed by atoms with Crippen molar-refractivity contribution in [3.63, 3.8) is 0 Å². The van der Waals surface area contributed by atoms with Crippen LogP contribution in [0, 0.1) is 10.1 Å². The smallest absolute Gasteiger partial charge is 0.296 e. The van der Waals surface area contributed by atoms with Crippen LogP contribution >= 0.6 is 28.3 Å². The molecule has 2 aromatic carbocycles. The molecule has 0 saturated heterocycles. The molecule has 0 radical (unpaired) electrons. The number of nitro groups is 1. The molecule has 0 fully saturated rings. The second-order valence-corrected chi connectivity index (χ2v) is 6.10. The summed E-state index contributed by atoms with van der Waals surface area (Å²) in [7, 11) is 1.96. The lowest BCUT2D eigenvalue weighted by molar-refractivity contribution is -0.383. The molecule has 2 aliphatic rings. The zero-order chi connectivity index (χ0) is 15.4. The van der Waals surface area contributed by atoms with Crippen molar-refractivity contribution in [3.8, 4) is 11.4 Å². The molecule has 0 amide bonds. The number of non-ortho nitro benzene ring substituents is 1. The first-order chi connectivity index (χ1) is 10.6. The van der Waals surface area contributed by atoms with Gasteiger partial charge in [0.2, 0.25) is 0 Å². The topological polar surface area (TPSA) is 61.0 Å². The van der Waals surface area contributed by atoms with Crippen LogP contribution in [0.3, 0.4) is 0 Å². The SMILES string of the molecule is Cl.Cn1c2c3cc(Br)cc([N+](=O)[O-])c3nc-2cc2ccccc21. The molecule has 0 aromatic heterocycles. The number of benzene rings is 2. The second kappa shape index (κ2) is 5.47. The minimum atomic E-state index is -0.390. The summed E-state index contributed by atoms with van der Waals surface area (Å²) in [6.45, 7) is 0. The summed E-state index contributed by atoms with van der Waals surface area (Å²) in [5, 5.41) is 13.1. The Morgan fingerprint density at radius 2 is 1.96 bits per heavy atom. The van der Waals surface area contributed by atoms with Crippen molar-refractivity contribution < 1.29 is 4.92 Å². The van der Waals surface area contributed by atoms with Gasteiger partial charge in [-0.25, -0.2) is 4.98 Å². The lowest BCUT2D eigenvalue weighted by Crippen LogP contribution is -1.98. The van der Waals surface area contributed by atoms with E-state index < -0.39 is 4.92 Å². The van der Waals surface area contributed by atoms with E-state index in [1.165, 1.54) is 6.07 Å². The highest BCUT2D eigenvalue weighted by atomic mass is 79.9. The molecule has 116 valence electrons. The molecule has 2 aromatic rings. The fraction of sp³-hybridized carbons (Fsp3) is 0.0625. The number of nitro benzene ring substituents is 1. The van der Waals surface area contributed by atoms with Crippen molar-refractivity contribution in [1.82, 2.24) is 9.55 Å². The van der Waals surface area contributed by atoms with Gasteiger partial charge in [-0.2, -0.15) is 0 Å². The van der Waals surface area contributed by atoms with E-state index in [4.69, 9.17) is 0 Å². The predicted octanol–water partition coefficient (Wildman–Crippen LogP) is 4.92. The highest BCUT2D eigenvalue weighted by Gasteiger charge is 2.23. The van der Waals surface area contributed by atoms with Crippen molar-refractivity contribution in [2.45, 2.75) is 0 Å². The molecule has 0 saturated carbocycles. The first-order valence-electron chi connectivity index (χ1n) is 6.68. The molecule has 0 spiro atoms. The Labute approximate surface area is 146 Å². The van der Waals surface area contributed by atoms with E-state index in [-0.39, 0.29) is 18.1 Å². The van der Waals surface area contributed by atoms with E-state index in [0.717, 1.165) is 27.7 Å². The molecule has 0 atom stereocenters. The molecule has 0 unspecified atom stereocenters. The average Bonchev–Trinajstić information content (AvgIpc) is 2.84. The van der Waals surface area contributed by atoms with Gasteiger partial charge in [-0.15, -0.1) is 12.4 Å². The Hall–Kier alpha value is -2.18. The molecule has 2 aliphatic heterocycles. The first kappa shape index (κ1) is 15.7. The van der Waals surface area contributed by atoms with E-state index >= 15 is 0 Å². The van der Waals surface area contributed by atoms with Crippen LogP contribution < -0.4 is 0 Å². The van der Waals surface area contributed by atoms with E-state index in [2.05, 4.69) is 20.9 Å². The summed E-state index contributed by atoms with van der Waals surface area (Å²) in [6.07, 6.45) is 0. The predicted molar refractivity (Wildman–Crippen MR) is 96.4 cm³/mol. The number of para-hydroxylation sites is 1. The molecule has 0 aliphatic carbocycles. The maximum Gasteiger partial charge on any atom is 0.296 e. The molecular weight excluding hydrogens is 382 g/mol. The van der Waals surface area contributed by atoms with Gasteiger partial charge < -0.3 is 4.57 Å². The summed E-state index contributed by atoms with van der Waals surface area (Å²) in [5.74, 6) is 0. The van der Waals surface area contributed by atoms with Crippen LogP contribution in [0.4, 0.5) is 5.69 Å². The lowest BCUT2D eigenvalue weighted by Gasteiger charge is -2.11. The van der Waals surface area contributed by atoms with Gasteiger partial charge >= 0.3 is 0 Å². The van der Waals surface area contributed by atoms with Crippen LogP contribution in [-0.2, 0) is 7.05 Å². The van der Waals surface area contributed by atoms with Crippen molar-refractivity contribution in [2.75, 3.05) is 0 Å². The number of aryl methyl sites for hydroxylation is 1. The van der Waals surface area contributed by atoms with Gasteiger partial charge in [0.1, 0.15) is 0 Å². The fourth-order valence-electron chi connectivity index (χ4n) is 2.97. The van der Waals surface area contributed by atoms with Crippen LogP contribution in [0.5, 0.6) is 0 Å². The highest BCUT2D eigenvalue weighted by molar-refractivity contribution is 9.10. The number of pyridine rings is 1. The number of nitrogens with zero attached hydrogens (tertiary/aromatic N) is 3. The third-order valence-corrected chi connectivity index (χ3v) is 4.36. The summed E-state index contributed by atoms with van der Waals surface area (Å²) in [4.78, 5) is 15.4. The van der Waals surface area contributed by atoms with Crippen LogP contribution in [0.25, 0.3) is 33.2 Å². The number of rotatable bonds is 1. The first-order valence-corrected chi connectivity index (χ1v) is 7.47. The van der Waals surface area contributed by atoms with Crippen LogP contribution in [0.2, 0.25) is 0 Å². The Kier molecular flexibility index (Phi) is 3.74. The molecule has 23 heavy (non-hydrogen) atoms. The summed E-state index contributed by atoms with van der Waals surface area (Å²) >= 11 is 3.35. The molecule has 7 heteroatoms. The Bertz CT molecular complexity index is 1040. The van der Waals surface area contributed by atoms with Crippen LogP contribution in [0.1, 0.15) is 0 Å². The number of hydrogen-bond donors (Lipinski definition) is 0. The minimum absolute atomic E-state index is 0. The van der Waals surface area contributed by atoms with Crippen LogP contribution in [-0.4, -0.2) is 14.5 Å². The molecule has 5 nitrogen and oxygen atoms in total. The number of fused-ring (bicyclic) bond motifs is 4. The standard InChI is InChI=1S/C16H10BrN3O2.ClH/c1-19-13-5-3-2-4-9(13)6-12-16(19)11-7-10(17)8-14(20(21)22)15(11)18-12;/h2-8H,1H3;1H. The average molecular weight is 393 g/mol. The van der Waals surface area contributed by atoms with Gasteiger partial charge in [0.15, 0.2) is 5.52 Å². The van der Waals surface area contributed by atoms with Gasteiger partial charge in [0.05, 0.1) is 16.3 Å². The van der Waals surface area contributed by atoms with Crippen molar-refractivity contribution >= 4 is 55.8 Å². The lowest BCUT2D eigenvalue weighted by atomic mass is 10.1. The van der Waals surface area contributed by atoms with Crippen molar-refractivity contribution in [2.24, 2.45) is 7.05 Å². The molecule has 0 N–H and O–H groups in total. The van der Waals surface area contributed by atoms with Gasteiger partial charge in [0.25, 0.3) is 5.69 Å². The third-order valence-electron chi connectivity index (χ3n) is 3.91. The number of aromatic nitrogens is 2. The monoisotopic (exact) mass is 391 g/mol.